The molecule has 0 aliphatic rings. The van der Waals surface area contributed by atoms with Crippen LogP contribution in [0.3, 0.4) is 0 Å². The molecule has 1 aromatic rings. The molecule has 8 heteroatoms. The fourth-order valence-electron chi connectivity index (χ4n) is 1.56. The van der Waals surface area contributed by atoms with Gasteiger partial charge in [-0.15, -0.1) is 0 Å². The Kier molecular flexibility index (Phi) is 3.66. The molecule has 1 aromatic heterocycles. The predicted molar refractivity (Wildman–Crippen MR) is 59.9 cm³/mol. The van der Waals surface area contributed by atoms with Crippen molar-refractivity contribution >= 4 is 17.6 Å². The van der Waals surface area contributed by atoms with Gasteiger partial charge in [0, 0.05) is 20.6 Å². The molecule has 1 rings (SSSR count). The van der Waals surface area contributed by atoms with Crippen molar-refractivity contribution in [1.29, 1.82) is 0 Å². The SMILES string of the molecule is CC(CN(C)c1c([N+](=O)[O-])ncn1C)C(=O)O. The van der Waals surface area contributed by atoms with E-state index < -0.39 is 16.8 Å². The van der Waals surface area contributed by atoms with Gasteiger partial charge in [0.05, 0.1) is 5.92 Å². The van der Waals surface area contributed by atoms with E-state index in [-0.39, 0.29) is 12.4 Å². The first-order chi connectivity index (χ1) is 7.84. The number of hydrogen-bond donors (Lipinski definition) is 1. The van der Waals surface area contributed by atoms with Crippen LogP contribution in [0.5, 0.6) is 0 Å². The highest BCUT2D eigenvalue weighted by Crippen LogP contribution is 2.25. The number of aliphatic carboxylic acids is 1. The topological polar surface area (TPSA) is 101 Å². The number of imidazole rings is 1. The molecular formula is C9H14N4O4. The van der Waals surface area contributed by atoms with Gasteiger partial charge in [-0.1, -0.05) is 6.92 Å². The van der Waals surface area contributed by atoms with Crippen LogP contribution in [0.2, 0.25) is 0 Å². The maximum Gasteiger partial charge on any atom is 0.406 e. The minimum absolute atomic E-state index is 0.176. The largest absolute Gasteiger partial charge is 0.481 e. The molecule has 1 unspecified atom stereocenters. The van der Waals surface area contributed by atoms with E-state index in [1.54, 1.807) is 21.0 Å². The third-order valence-electron chi connectivity index (χ3n) is 2.39. The summed E-state index contributed by atoms with van der Waals surface area (Å²) in [7, 11) is 3.22. The lowest BCUT2D eigenvalue weighted by molar-refractivity contribution is -0.388. The third kappa shape index (κ3) is 2.71. The van der Waals surface area contributed by atoms with Crippen LogP contribution < -0.4 is 4.90 Å². The lowest BCUT2D eigenvalue weighted by Gasteiger charge is -2.20. The normalized spacial score (nSPS) is 12.2. The minimum Gasteiger partial charge on any atom is -0.481 e. The summed E-state index contributed by atoms with van der Waals surface area (Å²) >= 11 is 0. The Balaban J connectivity index is 2.95. The second kappa shape index (κ2) is 4.81. The second-order valence-corrected chi connectivity index (χ2v) is 3.88. The maximum absolute atomic E-state index is 10.7. The Morgan fingerprint density at radius 2 is 2.35 bits per heavy atom. The van der Waals surface area contributed by atoms with E-state index in [1.807, 2.05) is 0 Å². The Morgan fingerprint density at radius 3 is 2.82 bits per heavy atom. The van der Waals surface area contributed by atoms with Gasteiger partial charge in [0.15, 0.2) is 0 Å². The van der Waals surface area contributed by atoms with Gasteiger partial charge >= 0.3 is 11.8 Å². The zero-order valence-electron chi connectivity index (χ0n) is 9.82. The van der Waals surface area contributed by atoms with E-state index in [0.29, 0.717) is 5.82 Å². The van der Waals surface area contributed by atoms with Gasteiger partial charge in [-0.2, -0.15) is 0 Å². The van der Waals surface area contributed by atoms with Crippen molar-refractivity contribution in [2.24, 2.45) is 13.0 Å². The fraction of sp³-hybridized carbons (Fsp3) is 0.556. The highest BCUT2D eigenvalue weighted by molar-refractivity contribution is 5.70. The molecule has 0 saturated carbocycles. The molecule has 0 radical (unpaired) electrons. The quantitative estimate of drug-likeness (QED) is 0.595. The summed E-state index contributed by atoms with van der Waals surface area (Å²) in [5.74, 6) is -1.54. The molecule has 1 N–H and O–H groups in total. The molecule has 0 bridgehead atoms. The smallest absolute Gasteiger partial charge is 0.406 e. The summed E-state index contributed by atoms with van der Waals surface area (Å²) in [5.41, 5.74) is 0. The highest BCUT2D eigenvalue weighted by Gasteiger charge is 2.25. The van der Waals surface area contributed by atoms with E-state index in [4.69, 9.17) is 5.11 Å². The van der Waals surface area contributed by atoms with Gasteiger partial charge in [0.2, 0.25) is 12.1 Å². The fourth-order valence-corrected chi connectivity index (χ4v) is 1.56. The molecule has 0 aliphatic heterocycles. The van der Waals surface area contributed by atoms with Crippen LogP contribution in [0.4, 0.5) is 11.6 Å². The summed E-state index contributed by atoms with van der Waals surface area (Å²) in [6.07, 6.45) is 1.33. The van der Waals surface area contributed by atoms with Crippen LogP contribution in [-0.4, -0.2) is 39.1 Å². The first-order valence-electron chi connectivity index (χ1n) is 4.94. The number of anilines is 1. The van der Waals surface area contributed by atoms with Gasteiger partial charge in [-0.25, -0.2) is 0 Å². The number of aryl methyl sites for hydroxylation is 1. The zero-order valence-corrected chi connectivity index (χ0v) is 9.82. The molecule has 0 amide bonds. The molecule has 17 heavy (non-hydrogen) atoms. The van der Waals surface area contributed by atoms with E-state index in [0.717, 1.165) is 0 Å². The van der Waals surface area contributed by atoms with Gasteiger partial charge in [0.1, 0.15) is 0 Å². The van der Waals surface area contributed by atoms with Gasteiger partial charge in [0.25, 0.3) is 0 Å². The van der Waals surface area contributed by atoms with Crippen LogP contribution in [0.1, 0.15) is 6.92 Å². The highest BCUT2D eigenvalue weighted by atomic mass is 16.6. The standard InChI is InChI=1S/C9H14N4O4/c1-6(9(14)15)4-11(2)8-7(13(16)17)10-5-12(8)3/h5-6H,4H2,1-3H3,(H,14,15). The molecule has 0 spiro atoms. The lowest BCUT2D eigenvalue weighted by atomic mass is 10.2. The summed E-state index contributed by atoms with van der Waals surface area (Å²) in [6.45, 7) is 1.72. The molecule has 94 valence electrons. The third-order valence-corrected chi connectivity index (χ3v) is 2.39. The first-order valence-corrected chi connectivity index (χ1v) is 4.94. The van der Waals surface area contributed by atoms with Crippen molar-refractivity contribution in [2.45, 2.75) is 6.92 Å². The number of hydrogen-bond acceptors (Lipinski definition) is 5. The average Bonchev–Trinajstić information content (AvgIpc) is 2.59. The first kappa shape index (κ1) is 12.9. The number of rotatable bonds is 5. The number of carbonyl (C=O) groups is 1. The average molecular weight is 242 g/mol. The van der Waals surface area contributed by atoms with Crippen molar-refractivity contribution in [1.82, 2.24) is 9.55 Å². The number of carboxylic acid groups (broad SMARTS) is 1. The molecular weight excluding hydrogens is 228 g/mol. The minimum atomic E-state index is -0.943. The number of nitro groups is 1. The Bertz CT molecular complexity index is 442. The van der Waals surface area contributed by atoms with Crippen LogP contribution in [-0.2, 0) is 11.8 Å². The molecule has 8 nitrogen and oxygen atoms in total. The number of carboxylic acids is 1. The van der Waals surface area contributed by atoms with Crippen molar-refractivity contribution in [3.8, 4) is 0 Å². The summed E-state index contributed by atoms with van der Waals surface area (Å²) < 4.78 is 1.49. The molecule has 1 atom stereocenters. The van der Waals surface area contributed by atoms with E-state index in [2.05, 4.69) is 4.98 Å². The Morgan fingerprint density at radius 1 is 1.76 bits per heavy atom. The molecule has 1 heterocycles. The lowest BCUT2D eigenvalue weighted by Crippen LogP contribution is -2.30. The second-order valence-electron chi connectivity index (χ2n) is 3.88. The van der Waals surface area contributed by atoms with Gasteiger partial charge in [-0.05, 0) is 9.91 Å². The van der Waals surface area contributed by atoms with Crippen molar-refractivity contribution in [3.05, 3.63) is 16.4 Å². The number of aromatic nitrogens is 2. The van der Waals surface area contributed by atoms with Crippen LogP contribution in [0, 0.1) is 16.0 Å². The zero-order chi connectivity index (χ0) is 13.2. The Hall–Kier alpha value is -2.12. The predicted octanol–water partition coefficient (Wildman–Crippen LogP) is 0.485. The van der Waals surface area contributed by atoms with Crippen molar-refractivity contribution in [2.75, 3.05) is 18.5 Å². The Labute approximate surface area is 97.6 Å². The molecule has 0 fully saturated rings. The molecule has 0 saturated heterocycles. The van der Waals surface area contributed by atoms with Gasteiger partial charge in [-0.3, -0.25) is 9.36 Å². The summed E-state index contributed by atoms with van der Waals surface area (Å²) in [6, 6.07) is 0. The van der Waals surface area contributed by atoms with Crippen molar-refractivity contribution < 1.29 is 14.8 Å². The van der Waals surface area contributed by atoms with Crippen molar-refractivity contribution in [3.63, 3.8) is 0 Å². The van der Waals surface area contributed by atoms with E-state index in [1.165, 1.54) is 15.8 Å². The van der Waals surface area contributed by atoms with E-state index in [9.17, 15) is 14.9 Å². The number of nitrogens with zero attached hydrogens (tertiary/aromatic N) is 4. The van der Waals surface area contributed by atoms with Gasteiger partial charge < -0.3 is 20.1 Å². The van der Waals surface area contributed by atoms with Crippen LogP contribution in [0.15, 0.2) is 6.33 Å². The van der Waals surface area contributed by atoms with E-state index >= 15 is 0 Å². The van der Waals surface area contributed by atoms with Crippen LogP contribution in [0.25, 0.3) is 0 Å². The summed E-state index contributed by atoms with van der Waals surface area (Å²) in [5, 5.41) is 19.5. The monoisotopic (exact) mass is 242 g/mol. The molecule has 0 aromatic carbocycles. The van der Waals surface area contributed by atoms with Crippen LogP contribution >= 0.6 is 0 Å². The molecule has 0 aliphatic carbocycles. The maximum atomic E-state index is 10.7. The summed E-state index contributed by atoms with van der Waals surface area (Å²) in [4.78, 5) is 26.1.